The van der Waals surface area contributed by atoms with Gasteiger partial charge in [0.05, 0.1) is 12.1 Å². The molecule has 1 aromatic carbocycles. The fourth-order valence-corrected chi connectivity index (χ4v) is 3.27. The van der Waals surface area contributed by atoms with Crippen molar-refractivity contribution >= 4 is 23.3 Å². The summed E-state index contributed by atoms with van der Waals surface area (Å²) < 4.78 is 0. The molecule has 1 aliphatic heterocycles. The highest BCUT2D eigenvalue weighted by atomic mass is 16.2. The Bertz CT molecular complexity index is 1070. The van der Waals surface area contributed by atoms with Crippen molar-refractivity contribution in [2.24, 2.45) is 0 Å². The van der Waals surface area contributed by atoms with Crippen molar-refractivity contribution < 1.29 is 9.59 Å². The van der Waals surface area contributed by atoms with E-state index < -0.39 is 0 Å². The average molecular weight is 402 g/mol. The number of hydrogen-bond donors (Lipinski definition) is 3. The number of nitrogens with one attached hydrogen (secondary N) is 3. The van der Waals surface area contributed by atoms with Crippen LogP contribution in [-0.2, 0) is 17.8 Å². The predicted octanol–water partition coefficient (Wildman–Crippen LogP) is 2.59. The predicted molar refractivity (Wildman–Crippen MR) is 113 cm³/mol. The molecular formula is C22H22N6O2. The standard InChI is InChI=1S/C22H22N6O2/c1-2-7-25-22(30)14-3-5-17(6-4-14)27-21-18-12-26-20(29)9-15(18)8-19(28-21)16-10-23-13-24-11-16/h3-6,8,10-11,13H,2,7,9,12H2,1H3,(H,25,30)(H,26,29)(H,27,28). The summed E-state index contributed by atoms with van der Waals surface area (Å²) in [6.07, 6.45) is 6.04. The molecular weight excluding hydrogens is 380 g/mol. The molecule has 0 radical (unpaired) electrons. The molecule has 0 bridgehead atoms. The van der Waals surface area contributed by atoms with Gasteiger partial charge < -0.3 is 16.0 Å². The number of hydrogen-bond acceptors (Lipinski definition) is 6. The number of carbonyl (C=O) groups is 2. The van der Waals surface area contributed by atoms with Crippen molar-refractivity contribution in [2.75, 3.05) is 11.9 Å². The van der Waals surface area contributed by atoms with Crippen LogP contribution < -0.4 is 16.0 Å². The molecule has 8 heteroatoms. The van der Waals surface area contributed by atoms with Crippen LogP contribution in [0.1, 0.15) is 34.8 Å². The van der Waals surface area contributed by atoms with E-state index in [2.05, 4.69) is 25.9 Å². The van der Waals surface area contributed by atoms with Gasteiger partial charge in [-0.1, -0.05) is 6.92 Å². The maximum absolute atomic E-state index is 12.1. The van der Waals surface area contributed by atoms with Crippen molar-refractivity contribution in [1.29, 1.82) is 0 Å². The summed E-state index contributed by atoms with van der Waals surface area (Å²) in [7, 11) is 0. The summed E-state index contributed by atoms with van der Waals surface area (Å²) >= 11 is 0. The number of pyridine rings is 1. The lowest BCUT2D eigenvalue weighted by Gasteiger charge is -2.21. The Balaban J connectivity index is 1.64. The van der Waals surface area contributed by atoms with E-state index in [1.807, 2.05) is 25.1 Å². The Morgan fingerprint density at radius 3 is 2.67 bits per heavy atom. The van der Waals surface area contributed by atoms with Gasteiger partial charge in [-0.05, 0) is 42.3 Å². The van der Waals surface area contributed by atoms with Crippen molar-refractivity contribution in [3.8, 4) is 11.3 Å². The minimum atomic E-state index is -0.0901. The van der Waals surface area contributed by atoms with Gasteiger partial charge in [0.25, 0.3) is 5.91 Å². The number of rotatable bonds is 6. The zero-order valence-corrected chi connectivity index (χ0v) is 16.6. The van der Waals surface area contributed by atoms with E-state index in [9.17, 15) is 9.59 Å². The first-order chi connectivity index (χ1) is 14.6. The molecule has 8 nitrogen and oxygen atoms in total. The third-order valence-corrected chi connectivity index (χ3v) is 4.83. The number of anilines is 2. The van der Waals surface area contributed by atoms with Crippen LogP contribution in [0.25, 0.3) is 11.3 Å². The molecule has 0 aliphatic carbocycles. The summed E-state index contributed by atoms with van der Waals surface area (Å²) in [5, 5.41) is 9.07. The lowest BCUT2D eigenvalue weighted by Crippen LogP contribution is -2.31. The maximum atomic E-state index is 12.1. The third kappa shape index (κ3) is 4.27. The van der Waals surface area contributed by atoms with Crippen LogP contribution >= 0.6 is 0 Å². The smallest absolute Gasteiger partial charge is 0.251 e. The van der Waals surface area contributed by atoms with E-state index in [0.717, 1.165) is 28.8 Å². The lowest BCUT2D eigenvalue weighted by atomic mass is 9.99. The molecule has 2 aromatic heterocycles. The van der Waals surface area contributed by atoms with Gasteiger partial charge in [-0.25, -0.2) is 15.0 Å². The molecule has 152 valence electrons. The van der Waals surface area contributed by atoms with E-state index in [1.165, 1.54) is 6.33 Å². The summed E-state index contributed by atoms with van der Waals surface area (Å²) in [5.41, 5.74) is 4.74. The number of aromatic nitrogens is 3. The van der Waals surface area contributed by atoms with Gasteiger partial charge in [0.2, 0.25) is 5.91 Å². The third-order valence-electron chi connectivity index (χ3n) is 4.83. The second-order valence-corrected chi connectivity index (χ2v) is 7.03. The molecule has 0 unspecified atom stereocenters. The minimum Gasteiger partial charge on any atom is -0.352 e. The van der Waals surface area contributed by atoms with Gasteiger partial charge >= 0.3 is 0 Å². The summed E-state index contributed by atoms with van der Waals surface area (Å²) in [5.74, 6) is 0.555. The molecule has 3 N–H and O–H groups in total. The van der Waals surface area contributed by atoms with Gasteiger partial charge in [-0.2, -0.15) is 0 Å². The number of carbonyl (C=O) groups excluding carboxylic acids is 2. The summed E-state index contributed by atoms with van der Waals surface area (Å²) in [6.45, 7) is 3.07. The fraction of sp³-hybridized carbons (Fsp3) is 0.227. The Kier molecular flexibility index (Phi) is 5.65. The number of amides is 2. The largest absolute Gasteiger partial charge is 0.352 e. The zero-order chi connectivity index (χ0) is 20.9. The summed E-state index contributed by atoms with van der Waals surface area (Å²) in [6, 6.07) is 9.15. The molecule has 0 saturated carbocycles. The SMILES string of the molecule is CCCNC(=O)c1ccc(Nc2nc(-c3cncnc3)cc3c2CNC(=O)C3)cc1. The van der Waals surface area contributed by atoms with Gasteiger partial charge in [0.15, 0.2) is 0 Å². The van der Waals surface area contributed by atoms with Crippen molar-refractivity contribution in [3.63, 3.8) is 0 Å². The van der Waals surface area contributed by atoms with Gasteiger partial charge in [0, 0.05) is 47.9 Å². The molecule has 3 aromatic rings. The fourth-order valence-electron chi connectivity index (χ4n) is 3.27. The van der Waals surface area contributed by atoms with Crippen LogP contribution in [0.15, 0.2) is 49.1 Å². The first-order valence-corrected chi connectivity index (χ1v) is 9.84. The topological polar surface area (TPSA) is 109 Å². The van der Waals surface area contributed by atoms with Gasteiger partial charge in [-0.3, -0.25) is 9.59 Å². The van der Waals surface area contributed by atoms with E-state index in [-0.39, 0.29) is 11.8 Å². The first kappa shape index (κ1) is 19.5. The van der Waals surface area contributed by atoms with Crippen molar-refractivity contribution in [2.45, 2.75) is 26.3 Å². The Morgan fingerprint density at radius 2 is 1.93 bits per heavy atom. The van der Waals surface area contributed by atoms with Crippen molar-refractivity contribution in [3.05, 3.63) is 65.7 Å². The van der Waals surface area contributed by atoms with Crippen LogP contribution in [0.4, 0.5) is 11.5 Å². The van der Waals surface area contributed by atoms with Crippen LogP contribution in [0, 0.1) is 0 Å². The maximum Gasteiger partial charge on any atom is 0.251 e. The normalized spacial score (nSPS) is 12.6. The molecule has 1 aliphatic rings. The highest BCUT2D eigenvalue weighted by molar-refractivity contribution is 5.94. The highest BCUT2D eigenvalue weighted by Gasteiger charge is 2.21. The first-order valence-electron chi connectivity index (χ1n) is 9.84. The number of benzene rings is 1. The molecule has 0 saturated heterocycles. The second-order valence-electron chi connectivity index (χ2n) is 7.03. The Morgan fingerprint density at radius 1 is 1.17 bits per heavy atom. The van der Waals surface area contributed by atoms with E-state index >= 15 is 0 Å². The molecule has 0 atom stereocenters. The Hall–Kier alpha value is -3.81. The monoisotopic (exact) mass is 402 g/mol. The average Bonchev–Trinajstić information content (AvgIpc) is 2.78. The van der Waals surface area contributed by atoms with E-state index in [0.29, 0.717) is 36.6 Å². The second kappa shape index (κ2) is 8.69. The lowest BCUT2D eigenvalue weighted by molar-refractivity contribution is -0.121. The Labute approximate surface area is 174 Å². The molecule has 3 heterocycles. The van der Waals surface area contributed by atoms with Gasteiger partial charge in [-0.15, -0.1) is 0 Å². The van der Waals surface area contributed by atoms with Crippen LogP contribution in [0.3, 0.4) is 0 Å². The minimum absolute atomic E-state index is 0.0163. The van der Waals surface area contributed by atoms with Crippen LogP contribution in [-0.4, -0.2) is 33.3 Å². The van der Waals surface area contributed by atoms with E-state index in [4.69, 9.17) is 4.98 Å². The molecule has 0 fully saturated rings. The molecule has 2 amide bonds. The van der Waals surface area contributed by atoms with Gasteiger partial charge in [0.1, 0.15) is 12.1 Å². The zero-order valence-electron chi connectivity index (χ0n) is 16.6. The highest BCUT2D eigenvalue weighted by Crippen LogP contribution is 2.29. The molecule has 4 rings (SSSR count). The van der Waals surface area contributed by atoms with E-state index in [1.54, 1.807) is 24.5 Å². The van der Waals surface area contributed by atoms with Crippen LogP contribution in [0.5, 0.6) is 0 Å². The molecule has 30 heavy (non-hydrogen) atoms. The summed E-state index contributed by atoms with van der Waals surface area (Å²) in [4.78, 5) is 36.9. The number of nitrogens with zero attached hydrogens (tertiary/aromatic N) is 3. The van der Waals surface area contributed by atoms with Crippen molar-refractivity contribution in [1.82, 2.24) is 25.6 Å². The van der Waals surface area contributed by atoms with Crippen LogP contribution in [0.2, 0.25) is 0 Å². The quantitative estimate of drug-likeness (QED) is 0.585. The number of fused-ring (bicyclic) bond motifs is 1. The molecule has 0 spiro atoms.